The minimum Gasteiger partial charge on any atom is -0.323 e. The van der Waals surface area contributed by atoms with Gasteiger partial charge in [-0.1, -0.05) is 0 Å². The molecule has 112 valence electrons. The normalized spacial score (nSPS) is 16.4. The largest absolute Gasteiger partial charge is 0.323 e. The van der Waals surface area contributed by atoms with Gasteiger partial charge in [0.1, 0.15) is 0 Å². The van der Waals surface area contributed by atoms with Gasteiger partial charge in [-0.2, -0.15) is 5.10 Å². The number of aryl methyl sites for hydroxylation is 2. The van der Waals surface area contributed by atoms with Crippen LogP contribution < -0.4 is 10.6 Å². The molecule has 1 aliphatic heterocycles. The molecule has 5 nitrogen and oxygen atoms in total. The van der Waals surface area contributed by atoms with Gasteiger partial charge in [-0.15, -0.1) is 0 Å². The van der Waals surface area contributed by atoms with Crippen molar-refractivity contribution in [3.05, 3.63) is 11.4 Å². The van der Waals surface area contributed by atoms with Crippen molar-refractivity contribution in [3.63, 3.8) is 0 Å². The van der Waals surface area contributed by atoms with E-state index in [2.05, 4.69) is 22.7 Å². The van der Waals surface area contributed by atoms with E-state index in [9.17, 15) is 4.79 Å². The summed E-state index contributed by atoms with van der Waals surface area (Å²) >= 11 is 0. The number of carbonyl (C=O) groups excluding carboxylic acids is 1. The number of hydrogen-bond acceptors (Lipinski definition) is 3. The summed E-state index contributed by atoms with van der Waals surface area (Å²) in [5, 5.41) is 10.8. The third-order valence-corrected chi connectivity index (χ3v) is 4.18. The zero-order chi connectivity index (χ0) is 14.5. The molecular weight excluding hydrogens is 252 g/mol. The zero-order valence-electron chi connectivity index (χ0n) is 12.8. The van der Waals surface area contributed by atoms with E-state index in [0.717, 1.165) is 43.1 Å². The highest BCUT2D eigenvalue weighted by atomic mass is 16.1. The summed E-state index contributed by atoms with van der Waals surface area (Å²) in [7, 11) is 0. The van der Waals surface area contributed by atoms with Crippen molar-refractivity contribution in [2.75, 3.05) is 18.4 Å². The molecule has 0 saturated carbocycles. The number of carbonyl (C=O) groups is 1. The molecule has 0 radical (unpaired) electrons. The first-order chi connectivity index (χ1) is 9.61. The summed E-state index contributed by atoms with van der Waals surface area (Å²) in [6.07, 6.45) is 3.99. The quantitative estimate of drug-likeness (QED) is 0.868. The standard InChI is InChI=1S/C15H26N4O/c1-4-19-12(3)15(11(2)18-19)17-14(20)6-5-13-7-9-16-10-8-13/h13,16H,4-10H2,1-3H3,(H,17,20). The maximum absolute atomic E-state index is 12.1. The maximum Gasteiger partial charge on any atom is 0.224 e. The second kappa shape index (κ2) is 6.88. The lowest BCUT2D eigenvalue weighted by molar-refractivity contribution is -0.116. The summed E-state index contributed by atoms with van der Waals surface area (Å²) < 4.78 is 1.93. The van der Waals surface area contributed by atoms with Crippen molar-refractivity contribution < 1.29 is 4.79 Å². The number of amides is 1. The number of nitrogens with one attached hydrogen (secondary N) is 2. The SMILES string of the molecule is CCn1nc(C)c(NC(=O)CCC2CCNCC2)c1C. The van der Waals surface area contributed by atoms with E-state index in [1.54, 1.807) is 0 Å². The highest BCUT2D eigenvalue weighted by Crippen LogP contribution is 2.21. The molecule has 0 atom stereocenters. The highest BCUT2D eigenvalue weighted by Gasteiger charge is 2.16. The molecule has 1 aliphatic rings. The number of hydrogen-bond donors (Lipinski definition) is 2. The second-order valence-electron chi connectivity index (χ2n) is 5.64. The van der Waals surface area contributed by atoms with Crippen molar-refractivity contribution in [2.24, 2.45) is 5.92 Å². The van der Waals surface area contributed by atoms with Gasteiger partial charge in [0, 0.05) is 13.0 Å². The molecule has 0 spiro atoms. The average Bonchev–Trinajstić information content (AvgIpc) is 2.73. The first-order valence-corrected chi connectivity index (χ1v) is 7.66. The lowest BCUT2D eigenvalue weighted by Gasteiger charge is -2.22. The molecule has 1 saturated heterocycles. The van der Waals surface area contributed by atoms with Crippen molar-refractivity contribution in [3.8, 4) is 0 Å². The van der Waals surface area contributed by atoms with Crippen molar-refractivity contribution in [1.82, 2.24) is 15.1 Å². The number of piperidine rings is 1. The predicted molar refractivity (Wildman–Crippen MR) is 80.8 cm³/mol. The maximum atomic E-state index is 12.1. The predicted octanol–water partition coefficient (Wildman–Crippen LogP) is 2.24. The summed E-state index contributed by atoms with van der Waals surface area (Å²) in [6, 6.07) is 0. The van der Waals surface area contributed by atoms with Gasteiger partial charge in [0.25, 0.3) is 0 Å². The average molecular weight is 278 g/mol. The minimum absolute atomic E-state index is 0.116. The van der Waals surface area contributed by atoms with Crippen LogP contribution in [0.1, 0.15) is 44.0 Å². The lowest BCUT2D eigenvalue weighted by atomic mass is 9.93. The lowest BCUT2D eigenvalue weighted by Crippen LogP contribution is -2.28. The second-order valence-corrected chi connectivity index (χ2v) is 5.64. The Bertz CT molecular complexity index is 461. The fourth-order valence-corrected chi connectivity index (χ4v) is 2.89. The molecule has 0 bridgehead atoms. The van der Waals surface area contributed by atoms with Crippen LogP contribution in [-0.2, 0) is 11.3 Å². The van der Waals surface area contributed by atoms with E-state index in [0.29, 0.717) is 12.3 Å². The number of nitrogens with zero attached hydrogens (tertiary/aromatic N) is 2. The molecule has 0 aromatic carbocycles. The van der Waals surface area contributed by atoms with Gasteiger partial charge in [-0.3, -0.25) is 9.48 Å². The van der Waals surface area contributed by atoms with Crippen molar-refractivity contribution >= 4 is 11.6 Å². The van der Waals surface area contributed by atoms with Gasteiger partial charge in [-0.25, -0.2) is 0 Å². The Hall–Kier alpha value is -1.36. The van der Waals surface area contributed by atoms with E-state index in [4.69, 9.17) is 0 Å². The monoisotopic (exact) mass is 278 g/mol. The Morgan fingerprint density at radius 2 is 2.10 bits per heavy atom. The molecule has 20 heavy (non-hydrogen) atoms. The third-order valence-electron chi connectivity index (χ3n) is 4.18. The molecule has 0 aliphatic carbocycles. The van der Waals surface area contributed by atoms with Crippen LogP contribution in [0.25, 0.3) is 0 Å². The van der Waals surface area contributed by atoms with E-state index in [-0.39, 0.29) is 5.91 Å². The van der Waals surface area contributed by atoms with Gasteiger partial charge in [0.15, 0.2) is 0 Å². The summed E-state index contributed by atoms with van der Waals surface area (Å²) in [6.45, 7) is 9.02. The van der Waals surface area contributed by atoms with Crippen LogP contribution in [-0.4, -0.2) is 28.8 Å². The number of rotatable bonds is 5. The first kappa shape index (κ1) is 15.0. The van der Waals surface area contributed by atoms with Crippen LogP contribution >= 0.6 is 0 Å². The topological polar surface area (TPSA) is 59.0 Å². The highest BCUT2D eigenvalue weighted by molar-refractivity contribution is 5.91. The minimum atomic E-state index is 0.116. The van der Waals surface area contributed by atoms with Crippen LogP contribution in [0, 0.1) is 19.8 Å². The van der Waals surface area contributed by atoms with Crippen LogP contribution in [0.3, 0.4) is 0 Å². The van der Waals surface area contributed by atoms with Crippen LogP contribution in [0.4, 0.5) is 5.69 Å². The third kappa shape index (κ3) is 3.60. The number of aromatic nitrogens is 2. The van der Waals surface area contributed by atoms with E-state index >= 15 is 0 Å². The van der Waals surface area contributed by atoms with Gasteiger partial charge in [0.05, 0.1) is 17.1 Å². The summed E-state index contributed by atoms with van der Waals surface area (Å²) in [4.78, 5) is 12.1. The number of anilines is 1. The smallest absolute Gasteiger partial charge is 0.224 e. The van der Waals surface area contributed by atoms with Crippen LogP contribution in [0.2, 0.25) is 0 Å². The van der Waals surface area contributed by atoms with Gasteiger partial charge < -0.3 is 10.6 Å². The molecule has 1 fully saturated rings. The Balaban J connectivity index is 1.86. The van der Waals surface area contributed by atoms with E-state index in [1.807, 2.05) is 18.5 Å². The Kier molecular flexibility index (Phi) is 5.17. The Labute approximate surface area is 121 Å². The Morgan fingerprint density at radius 1 is 1.40 bits per heavy atom. The fraction of sp³-hybridized carbons (Fsp3) is 0.733. The molecule has 1 aromatic rings. The molecule has 1 aromatic heterocycles. The van der Waals surface area contributed by atoms with E-state index in [1.165, 1.54) is 12.8 Å². The van der Waals surface area contributed by atoms with Crippen molar-refractivity contribution in [1.29, 1.82) is 0 Å². The molecule has 0 unspecified atom stereocenters. The molecule has 5 heteroatoms. The molecule has 1 amide bonds. The first-order valence-electron chi connectivity index (χ1n) is 7.66. The van der Waals surface area contributed by atoms with Gasteiger partial charge >= 0.3 is 0 Å². The fourth-order valence-electron chi connectivity index (χ4n) is 2.89. The Morgan fingerprint density at radius 3 is 2.70 bits per heavy atom. The summed E-state index contributed by atoms with van der Waals surface area (Å²) in [5.41, 5.74) is 2.84. The summed E-state index contributed by atoms with van der Waals surface area (Å²) in [5.74, 6) is 0.813. The van der Waals surface area contributed by atoms with Crippen molar-refractivity contribution in [2.45, 2.75) is 53.0 Å². The molecular formula is C15H26N4O. The zero-order valence-corrected chi connectivity index (χ0v) is 12.8. The van der Waals surface area contributed by atoms with Crippen LogP contribution in [0.5, 0.6) is 0 Å². The van der Waals surface area contributed by atoms with Gasteiger partial charge in [0.2, 0.25) is 5.91 Å². The molecule has 2 heterocycles. The van der Waals surface area contributed by atoms with E-state index < -0.39 is 0 Å². The van der Waals surface area contributed by atoms with Crippen LogP contribution in [0.15, 0.2) is 0 Å². The molecule has 2 rings (SSSR count). The van der Waals surface area contributed by atoms with Gasteiger partial charge in [-0.05, 0) is 59.0 Å². The molecule has 2 N–H and O–H groups in total.